The normalized spacial score (nSPS) is 24.5. The van der Waals surface area contributed by atoms with Gasteiger partial charge in [-0.15, -0.1) is 11.8 Å². The van der Waals surface area contributed by atoms with Crippen LogP contribution in [-0.4, -0.2) is 66.5 Å². The van der Waals surface area contributed by atoms with Crippen molar-refractivity contribution in [3.63, 3.8) is 0 Å². The van der Waals surface area contributed by atoms with Crippen molar-refractivity contribution in [2.75, 3.05) is 49.9 Å². The molecule has 28 heavy (non-hydrogen) atoms. The van der Waals surface area contributed by atoms with Crippen LogP contribution >= 0.6 is 27.7 Å². The van der Waals surface area contributed by atoms with Gasteiger partial charge in [0.15, 0.2) is 0 Å². The Kier molecular flexibility index (Phi) is 7.95. The van der Waals surface area contributed by atoms with Crippen LogP contribution in [0.25, 0.3) is 0 Å². The molecule has 0 aliphatic carbocycles. The minimum atomic E-state index is -4.33. The molecule has 2 unspecified atom stereocenters. The molecule has 2 aliphatic heterocycles. The van der Waals surface area contributed by atoms with Gasteiger partial charge in [0, 0.05) is 36.3 Å². The van der Waals surface area contributed by atoms with Gasteiger partial charge in [-0.1, -0.05) is 15.9 Å². The molecule has 0 radical (unpaired) electrons. The summed E-state index contributed by atoms with van der Waals surface area (Å²) in [6, 6.07) is 4.12. The molecule has 0 bridgehead atoms. The standard InChI is InChI=1S/C19H27BrF3N3OS/c20-15-10-14(19(21,22)23)11-16(12-15)26-7-5-25(6-8-26)4-1-9-28-18-13-17(27)2-3-24-18/h10-12,17-18,24,27H,1-9,13H2. The molecule has 2 aliphatic rings. The molecule has 9 heteroatoms. The molecule has 4 nitrogen and oxygen atoms in total. The zero-order valence-electron chi connectivity index (χ0n) is 15.7. The monoisotopic (exact) mass is 481 g/mol. The highest BCUT2D eigenvalue weighted by Gasteiger charge is 2.32. The smallest absolute Gasteiger partial charge is 0.393 e. The van der Waals surface area contributed by atoms with Crippen molar-refractivity contribution in [3.8, 4) is 0 Å². The lowest BCUT2D eigenvalue weighted by molar-refractivity contribution is -0.137. The predicted molar refractivity (Wildman–Crippen MR) is 112 cm³/mol. The number of hydrogen-bond acceptors (Lipinski definition) is 5. The number of thioether (sulfide) groups is 1. The maximum Gasteiger partial charge on any atom is 0.416 e. The van der Waals surface area contributed by atoms with Crippen molar-refractivity contribution in [2.24, 2.45) is 0 Å². The van der Waals surface area contributed by atoms with Gasteiger partial charge in [-0.25, -0.2) is 0 Å². The van der Waals surface area contributed by atoms with E-state index in [1.54, 1.807) is 6.07 Å². The molecule has 0 saturated carbocycles. The van der Waals surface area contributed by atoms with Gasteiger partial charge in [0.25, 0.3) is 0 Å². The fraction of sp³-hybridized carbons (Fsp3) is 0.684. The maximum absolute atomic E-state index is 13.0. The largest absolute Gasteiger partial charge is 0.416 e. The second-order valence-corrected chi connectivity index (χ2v) is 9.60. The van der Waals surface area contributed by atoms with Gasteiger partial charge in [0.05, 0.1) is 17.0 Å². The third kappa shape index (κ3) is 6.52. The molecule has 0 aromatic heterocycles. The highest BCUT2D eigenvalue weighted by atomic mass is 79.9. The van der Waals surface area contributed by atoms with E-state index >= 15 is 0 Å². The molecule has 158 valence electrons. The fourth-order valence-corrected chi connectivity index (χ4v) is 5.31. The van der Waals surface area contributed by atoms with Gasteiger partial charge >= 0.3 is 6.18 Å². The molecular formula is C19H27BrF3N3OS. The topological polar surface area (TPSA) is 38.7 Å². The zero-order chi connectivity index (χ0) is 20.1. The van der Waals surface area contributed by atoms with E-state index < -0.39 is 11.7 Å². The first kappa shape index (κ1) is 22.2. The molecule has 2 fully saturated rings. The Bertz CT molecular complexity index is 641. The van der Waals surface area contributed by atoms with E-state index in [4.69, 9.17) is 0 Å². The Morgan fingerprint density at radius 1 is 1.18 bits per heavy atom. The first-order valence-corrected chi connectivity index (χ1v) is 11.5. The SMILES string of the molecule is OC1CCNC(SCCCN2CCN(c3cc(Br)cc(C(F)(F)F)c3)CC2)C1. The predicted octanol–water partition coefficient (Wildman–Crippen LogP) is 3.78. The summed E-state index contributed by atoms with van der Waals surface area (Å²) in [6.45, 7) is 5.07. The van der Waals surface area contributed by atoms with Gasteiger partial charge < -0.3 is 15.3 Å². The van der Waals surface area contributed by atoms with Crippen molar-refractivity contribution in [1.29, 1.82) is 0 Å². The minimum Gasteiger partial charge on any atom is -0.393 e. The first-order chi connectivity index (χ1) is 13.3. The van der Waals surface area contributed by atoms with E-state index in [2.05, 4.69) is 26.1 Å². The molecule has 2 atom stereocenters. The first-order valence-electron chi connectivity index (χ1n) is 9.69. The van der Waals surface area contributed by atoms with Crippen LogP contribution in [0.1, 0.15) is 24.8 Å². The number of rotatable bonds is 6. The number of hydrogen-bond donors (Lipinski definition) is 2. The minimum absolute atomic E-state index is 0.178. The molecular weight excluding hydrogens is 455 g/mol. The lowest BCUT2D eigenvalue weighted by Crippen LogP contribution is -2.46. The van der Waals surface area contributed by atoms with Gasteiger partial charge in [-0.3, -0.25) is 4.90 Å². The van der Waals surface area contributed by atoms with E-state index in [1.165, 1.54) is 6.07 Å². The molecule has 2 saturated heterocycles. The summed E-state index contributed by atoms with van der Waals surface area (Å²) in [5, 5.41) is 13.5. The third-order valence-corrected chi connectivity index (χ3v) is 6.96. The quantitative estimate of drug-likeness (QED) is 0.604. The van der Waals surface area contributed by atoms with E-state index in [0.717, 1.165) is 70.4 Å². The molecule has 1 aromatic rings. The fourth-order valence-electron chi connectivity index (χ4n) is 3.65. The van der Waals surface area contributed by atoms with E-state index in [9.17, 15) is 18.3 Å². The summed E-state index contributed by atoms with van der Waals surface area (Å²) in [6.07, 6.45) is -1.78. The molecule has 0 amide bonds. The summed E-state index contributed by atoms with van der Waals surface area (Å²) >= 11 is 5.07. The second-order valence-electron chi connectivity index (χ2n) is 7.37. The van der Waals surface area contributed by atoms with Crippen LogP contribution in [0.15, 0.2) is 22.7 Å². The molecule has 2 N–H and O–H groups in total. The molecule has 2 heterocycles. The van der Waals surface area contributed by atoms with E-state index in [-0.39, 0.29) is 6.10 Å². The van der Waals surface area contributed by atoms with Crippen LogP contribution in [-0.2, 0) is 6.18 Å². The zero-order valence-corrected chi connectivity index (χ0v) is 18.1. The van der Waals surface area contributed by atoms with Gasteiger partial charge in [0.1, 0.15) is 0 Å². The Morgan fingerprint density at radius 2 is 1.93 bits per heavy atom. The lowest BCUT2D eigenvalue weighted by Gasteiger charge is -2.36. The van der Waals surface area contributed by atoms with Crippen molar-refractivity contribution in [3.05, 3.63) is 28.2 Å². The number of nitrogens with one attached hydrogen (secondary N) is 1. The maximum atomic E-state index is 13.0. The summed E-state index contributed by atoms with van der Waals surface area (Å²) in [5.41, 5.74) is 0.0107. The lowest BCUT2D eigenvalue weighted by atomic mass is 10.1. The number of aliphatic hydroxyl groups is 1. The summed E-state index contributed by atoms with van der Waals surface area (Å²) in [5.74, 6) is 1.05. The number of piperazine rings is 1. The molecule has 3 rings (SSSR count). The van der Waals surface area contributed by atoms with Crippen molar-refractivity contribution >= 4 is 33.4 Å². The Labute approximate surface area is 177 Å². The van der Waals surface area contributed by atoms with E-state index in [0.29, 0.717) is 15.5 Å². The van der Waals surface area contributed by atoms with Crippen LogP contribution in [0, 0.1) is 0 Å². The number of aliphatic hydroxyl groups excluding tert-OH is 1. The Morgan fingerprint density at radius 3 is 2.61 bits per heavy atom. The second kappa shape index (κ2) is 10.0. The van der Waals surface area contributed by atoms with Gasteiger partial charge in [-0.05, 0) is 56.3 Å². The summed E-state index contributed by atoms with van der Waals surface area (Å²) in [4.78, 5) is 4.40. The Hall–Kier alpha value is -0.480. The van der Waals surface area contributed by atoms with E-state index in [1.807, 2.05) is 16.7 Å². The van der Waals surface area contributed by atoms with Crippen molar-refractivity contribution in [1.82, 2.24) is 10.2 Å². The Balaban J connectivity index is 1.40. The number of anilines is 1. The van der Waals surface area contributed by atoms with Gasteiger partial charge in [-0.2, -0.15) is 13.2 Å². The third-order valence-electron chi connectivity index (χ3n) is 5.22. The summed E-state index contributed by atoms with van der Waals surface area (Å²) < 4.78 is 39.6. The average Bonchev–Trinajstić information content (AvgIpc) is 2.65. The average molecular weight is 482 g/mol. The van der Waals surface area contributed by atoms with Crippen molar-refractivity contribution in [2.45, 2.75) is 36.9 Å². The van der Waals surface area contributed by atoms with Crippen LogP contribution in [0.3, 0.4) is 0 Å². The van der Waals surface area contributed by atoms with Crippen LogP contribution < -0.4 is 10.2 Å². The highest BCUT2D eigenvalue weighted by molar-refractivity contribution is 9.10. The number of piperidine rings is 1. The number of benzene rings is 1. The van der Waals surface area contributed by atoms with Crippen molar-refractivity contribution < 1.29 is 18.3 Å². The molecule has 0 spiro atoms. The number of alkyl halides is 3. The van der Waals surface area contributed by atoms with Crippen LogP contribution in [0.5, 0.6) is 0 Å². The van der Waals surface area contributed by atoms with Crippen LogP contribution in [0.2, 0.25) is 0 Å². The highest BCUT2D eigenvalue weighted by Crippen LogP contribution is 2.34. The van der Waals surface area contributed by atoms with Gasteiger partial charge in [0.2, 0.25) is 0 Å². The summed E-state index contributed by atoms with van der Waals surface area (Å²) in [7, 11) is 0. The molecule has 1 aromatic carbocycles. The number of nitrogens with zero attached hydrogens (tertiary/aromatic N) is 2. The number of halogens is 4. The van der Waals surface area contributed by atoms with Crippen LogP contribution in [0.4, 0.5) is 18.9 Å².